The predicted octanol–water partition coefficient (Wildman–Crippen LogP) is 3.13. The van der Waals surface area contributed by atoms with Crippen molar-refractivity contribution < 1.29 is 13.2 Å². The number of benzene rings is 1. The van der Waals surface area contributed by atoms with Gasteiger partial charge in [0, 0.05) is 19.5 Å². The first-order valence-corrected chi connectivity index (χ1v) is 10.3. The summed E-state index contributed by atoms with van der Waals surface area (Å²) in [5.74, 6) is 0.604. The van der Waals surface area contributed by atoms with Crippen LogP contribution in [-0.2, 0) is 14.8 Å². The summed E-state index contributed by atoms with van der Waals surface area (Å²) in [5.41, 5.74) is 1.62. The maximum Gasteiger partial charge on any atom is 0.232 e. The maximum atomic E-state index is 12.2. The molecule has 0 heterocycles. The summed E-state index contributed by atoms with van der Waals surface area (Å²) in [6.07, 6.45) is 2.25. The van der Waals surface area contributed by atoms with E-state index in [4.69, 9.17) is 0 Å². The van der Waals surface area contributed by atoms with Crippen LogP contribution in [0.25, 0.3) is 0 Å². The minimum atomic E-state index is -3.45. The fourth-order valence-corrected chi connectivity index (χ4v) is 3.41. The quantitative estimate of drug-likeness (QED) is 0.741. The summed E-state index contributed by atoms with van der Waals surface area (Å²) >= 11 is 0. The number of amides is 1. The molecule has 0 unspecified atom stereocenters. The lowest BCUT2D eigenvalue weighted by Crippen LogP contribution is -2.35. The Balaban J connectivity index is 2.84. The van der Waals surface area contributed by atoms with Crippen molar-refractivity contribution in [2.24, 2.45) is 5.92 Å². The minimum Gasteiger partial charge on any atom is -0.356 e. The lowest BCUT2D eigenvalue weighted by atomic mass is 10.0. The molecule has 0 bridgehead atoms. The molecule has 24 heavy (non-hydrogen) atoms. The van der Waals surface area contributed by atoms with Crippen LogP contribution in [0, 0.1) is 5.92 Å². The molecule has 1 N–H and O–H groups in total. The van der Waals surface area contributed by atoms with Crippen molar-refractivity contribution in [2.75, 3.05) is 23.7 Å². The first-order valence-electron chi connectivity index (χ1n) is 8.46. The second kappa shape index (κ2) is 9.06. The molecule has 0 aliphatic rings. The van der Waals surface area contributed by atoms with Gasteiger partial charge in [0.15, 0.2) is 0 Å². The van der Waals surface area contributed by atoms with Crippen molar-refractivity contribution in [3.05, 3.63) is 29.8 Å². The van der Waals surface area contributed by atoms with Crippen molar-refractivity contribution in [2.45, 2.75) is 46.5 Å². The molecule has 1 rings (SSSR count). The van der Waals surface area contributed by atoms with Gasteiger partial charge in [-0.3, -0.25) is 9.10 Å². The van der Waals surface area contributed by atoms with E-state index < -0.39 is 10.0 Å². The van der Waals surface area contributed by atoms with Gasteiger partial charge in [-0.05, 0) is 29.9 Å². The molecule has 0 fully saturated rings. The first kappa shape index (κ1) is 20.5. The molecule has 0 saturated heterocycles. The van der Waals surface area contributed by atoms with Crippen LogP contribution in [-0.4, -0.2) is 33.7 Å². The van der Waals surface area contributed by atoms with Gasteiger partial charge in [0.2, 0.25) is 15.9 Å². The molecule has 136 valence electrons. The molecule has 5 nitrogen and oxygen atoms in total. The van der Waals surface area contributed by atoms with Gasteiger partial charge >= 0.3 is 0 Å². The third kappa shape index (κ3) is 6.51. The van der Waals surface area contributed by atoms with Gasteiger partial charge in [-0.2, -0.15) is 0 Å². The van der Waals surface area contributed by atoms with E-state index in [2.05, 4.69) is 19.2 Å². The number of nitrogens with one attached hydrogen (secondary N) is 1. The summed E-state index contributed by atoms with van der Waals surface area (Å²) in [7, 11) is -3.45. The predicted molar refractivity (Wildman–Crippen MR) is 99.8 cm³/mol. The normalized spacial score (nSPS) is 11.8. The fraction of sp³-hybridized carbons (Fsp3) is 0.611. The molecule has 0 aromatic heterocycles. The number of para-hydroxylation sites is 1. The molecule has 0 aliphatic carbocycles. The lowest BCUT2D eigenvalue weighted by molar-refractivity contribution is -0.120. The van der Waals surface area contributed by atoms with Crippen LogP contribution in [0.3, 0.4) is 0 Å². The van der Waals surface area contributed by atoms with Gasteiger partial charge in [-0.1, -0.05) is 45.9 Å². The topological polar surface area (TPSA) is 66.5 Å². The smallest absolute Gasteiger partial charge is 0.232 e. The number of hydrogen-bond donors (Lipinski definition) is 1. The molecule has 1 aromatic carbocycles. The molecule has 6 heteroatoms. The highest BCUT2D eigenvalue weighted by atomic mass is 32.2. The molecule has 1 aromatic rings. The third-order valence-corrected chi connectivity index (χ3v) is 4.99. The Morgan fingerprint density at radius 2 is 1.79 bits per heavy atom. The molecule has 0 atom stereocenters. The van der Waals surface area contributed by atoms with Crippen molar-refractivity contribution in [1.29, 1.82) is 0 Å². The Morgan fingerprint density at radius 3 is 2.33 bits per heavy atom. The van der Waals surface area contributed by atoms with E-state index in [1.165, 1.54) is 10.6 Å². The van der Waals surface area contributed by atoms with Gasteiger partial charge in [0.25, 0.3) is 0 Å². The second-order valence-corrected chi connectivity index (χ2v) is 8.74. The zero-order valence-corrected chi connectivity index (χ0v) is 16.2. The highest BCUT2D eigenvalue weighted by Crippen LogP contribution is 2.29. The molecule has 1 amide bonds. The largest absolute Gasteiger partial charge is 0.356 e. The molecular weight excluding hydrogens is 324 g/mol. The van der Waals surface area contributed by atoms with Crippen LogP contribution in [0.5, 0.6) is 0 Å². The maximum absolute atomic E-state index is 12.2. The minimum absolute atomic E-state index is 0.119. The summed E-state index contributed by atoms with van der Waals surface area (Å²) in [6.45, 7) is 9.02. The summed E-state index contributed by atoms with van der Waals surface area (Å²) in [5, 5.41) is 2.85. The molecule has 0 spiro atoms. The molecule has 0 saturated carbocycles. The van der Waals surface area contributed by atoms with Crippen LogP contribution in [0.2, 0.25) is 0 Å². The monoisotopic (exact) mass is 354 g/mol. The Kier molecular flexibility index (Phi) is 7.73. The van der Waals surface area contributed by atoms with E-state index in [-0.39, 0.29) is 24.8 Å². The highest BCUT2D eigenvalue weighted by molar-refractivity contribution is 7.92. The fourth-order valence-electron chi connectivity index (χ4n) is 2.46. The van der Waals surface area contributed by atoms with Crippen molar-refractivity contribution in [3.63, 3.8) is 0 Å². The van der Waals surface area contributed by atoms with Crippen LogP contribution in [0.1, 0.15) is 52.0 Å². The van der Waals surface area contributed by atoms with Gasteiger partial charge in [0.1, 0.15) is 0 Å². The van der Waals surface area contributed by atoms with E-state index in [0.717, 1.165) is 12.0 Å². The average molecular weight is 355 g/mol. The zero-order valence-electron chi connectivity index (χ0n) is 15.4. The Hall–Kier alpha value is -1.56. The van der Waals surface area contributed by atoms with Crippen LogP contribution in [0.15, 0.2) is 24.3 Å². The molecule has 0 radical (unpaired) electrons. The number of nitrogens with zero attached hydrogens (tertiary/aromatic N) is 1. The van der Waals surface area contributed by atoms with E-state index in [1.54, 1.807) is 6.07 Å². The van der Waals surface area contributed by atoms with Crippen molar-refractivity contribution >= 4 is 21.6 Å². The Labute approximate surface area is 146 Å². The van der Waals surface area contributed by atoms with E-state index >= 15 is 0 Å². The van der Waals surface area contributed by atoms with E-state index in [9.17, 15) is 13.2 Å². The van der Waals surface area contributed by atoms with Gasteiger partial charge in [-0.15, -0.1) is 0 Å². The SMILES string of the molecule is CC(C)CCNC(=O)CCN(c1ccccc1C(C)C)S(C)(=O)=O. The van der Waals surface area contributed by atoms with E-state index in [1.807, 2.05) is 32.0 Å². The summed E-state index contributed by atoms with van der Waals surface area (Å²) < 4.78 is 25.8. The Bertz CT molecular complexity index is 639. The van der Waals surface area contributed by atoms with Gasteiger partial charge in [0.05, 0.1) is 11.9 Å². The van der Waals surface area contributed by atoms with Crippen molar-refractivity contribution in [3.8, 4) is 0 Å². The zero-order chi connectivity index (χ0) is 18.3. The van der Waals surface area contributed by atoms with Crippen molar-refractivity contribution in [1.82, 2.24) is 5.32 Å². The third-order valence-electron chi connectivity index (χ3n) is 3.81. The standard InChI is InChI=1S/C18H30N2O3S/c1-14(2)10-12-19-18(21)11-13-20(24(5,22)23)17-9-7-6-8-16(17)15(3)4/h6-9,14-15H,10-13H2,1-5H3,(H,19,21). The number of sulfonamides is 1. The number of carbonyl (C=O) groups is 1. The number of carbonyl (C=O) groups excluding carboxylic acids is 1. The van der Waals surface area contributed by atoms with E-state index in [0.29, 0.717) is 18.2 Å². The number of hydrogen-bond acceptors (Lipinski definition) is 3. The summed E-state index contributed by atoms with van der Waals surface area (Å²) in [4.78, 5) is 12.0. The molecule has 0 aliphatic heterocycles. The molecular formula is C18H30N2O3S. The van der Waals surface area contributed by atoms with Crippen LogP contribution < -0.4 is 9.62 Å². The van der Waals surface area contributed by atoms with Crippen LogP contribution >= 0.6 is 0 Å². The van der Waals surface area contributed by atoms with Gasteiger partial charge in [-0.25, -0.2) is 8.42 Å². The highest BCUT2D eigenvalue weighted by Gasteiger charge is 2.21. The first-order chi connectivity index (χ1) is 11.1. The van der Waals surface area contributed by atoms with Gasteiger partial charge < -0.3 is 5.32 Å². The number of anilines is 1. The number of rotatable bonds is 9. The average Bonchev–Trinajstić information content (AvgIpc) is 2.46. The lowest BCUT2D eigenvalue weighted by Gasteiger charge is -2.26. The summed E-state index contributed by atoms with van der Waals surface area (Å²) in [6, 6.07) is 7.45. The van der Waals surface area contributed by atoms with Crippen LogP contribution in [0.4, 0.5) is 5.69 Å². The Morgan fingerprint density at radius 1 is 1.17 bits per heavy atom. The second-order valence-electron chi connectivity index (χ2n) is 6.83.